The van der Waals surface area contributed by atoms with Gasteiger partial charge in [-0.3, -0.25) is 4.79 Å². The highest BCUT2D eigenvalue weighted by atomic mass is 16.5. The Morgan fingerprint density at radius 2 is 1.87 bits per heavy atom. The summed E-state index contributed by atoms with van der Waals surface area (Å²) in [5.41, 5.74) is 2.42. The van der Waals surface area contributed by atoms with Crippen molar-refractivity contribution >= 4 is 5.91 Å². The second-order valence-electron chi connectivity index (χ2n) is 6.12. The van der Waals surface area contributed by atoms with Gasteiger partial charge in [0.2, 0.25) is 0 Å². The minimum Gasteiger partial charge on any atom is -0.489 e. The van der Waals surface area contributed by atoms with Crippen LogP contribution in [0.1, 0.15) is 48.1 Å². The maximum Gasteiger partial charge on any atom is 0.251 e. The third-order valence-electron chi connectivity index (χ3n) is 4.04. The molecule has 1 N–H and O–H groups in total. The molecular formula is C18H24N2O3. The highest BCUT2D eigenvalue weighted by Gasteiger charge is 2.13. The van der Waals surface area contributed by atoms with E-state index in [0.717, 1.165) is 17.0 Å². The van der Waals surface area contributed by atoms with Crippen molar-refractivity contribution in [2.45, 2.75) is 47.3 Å². The van der Waals surface area contributed by atoms with E-state index in [4.69, 9.17) is 9.26 Å². The number of carbonyl (C=O) groups is 1. The molecule has 0 aliphatic rings. The molecule has 0 aliphatic carbocycles. The Morgan fingerprint density at radius 3 is 2.39 bits per heavy atom. The molecule has 1 aromatic heterocycles. The summed E-state index contributed by atoms with van der Waals surface area (Å²) in [6.45, 7) is 10.3. The van der Waals surface area contributed by atoms with Crippen molar-refractivity contribution in [3.8, 4) is 5.75 Å². The number of nitrogens with zero attached hydrogens (tertiary/aromatic N) is 1. The Balaban J connectivity index is 1.95. The largest absolute Gasteiger partial charge is 0.489 e. The van der Waals surface area contributed by atoms with Gasteiger partial charge in [0, 0.05) is 11.6 Å². The van der Waals surface area contributed by atoms with Crippen molar-refractivity contribution in [1.82, 2.24) is 10.5 Å². The van der Waals surface area contributed by atoms with Crippen molar-refractivity contribution in [3.05, 3.63) is 46.8 Å². The zero-order valence-corrected chi connectivity index (χ0v) is 14.3. The number of hydrogen-bond donors (Lipinski definition) is 1. The molecule has 5 heteroatoms. The monoisotopic (exact) mass is 316 g/mol. The molecule has 2 aromatic rings. The second-order valence-corrected chi connectivity index (χ2v) is 6.12. The Hall–Kier alpha value is -2.30. The number of ether oxygens (including phenoxy) is 1. The van der Waals surface area contributed by atoms with E-state index in [2.05, 4.69) is 24.3 Å². The summed E-state index contributed by atoms with van der Waals surface area (Å²) in [5.74, 6) is 1.81. The molecule has 1 unspecified atom stereocenters. The molecule has 1 aromatic carbocycles. The van der Waals surface area contributed by atoms with Gasteiger partial charge in [-0.05, 0) is 51.0 Å². The average Bonchev–Trinajstić information content (AvgIpc) is 2.84. The van der Waals surface area contributed by atoms with E-state index in [1.807, 2.05) is 20.8 Å². The van der Waals surface area contributed by atoms with Crippen LogP contribution in [-0.4, -0.2) is 17.1 Å². The van der Waals surface area contributed by atoms with E-state index in [0.29, 0.717) is 23.8 Å². The third-order valence-corrected chi connectivity index (χ3v) is 4.04. The predicted molar refractivity (Wildman–Crippen MR) is 88.5 cm³/mol. The molecule has 1 atom stereocenters. The first-order valence-corrected chi connectivity index (χ1v) is 7.84. The maximum atomic E-state index is 12.1. The lowest BCUT2D eigenvalue weighted by molar-refractivity contribution is 0.0930. The van der Waals surface area contributed by atoms with E-state index in [-0.39, 0.29) is 11.9 Å². The summed E-state index contributed by atoms with van der Waals surface area (Å²) in [6, 6.07) is 7.27. The van der Waals surface area contributed by atoms with E-state index in [9.17, 15) is 4.79 Å². The zero-order chi connectivity index (χ0) is 17.0. The van der Waals surface area contributed by atoms with Crippen LogP contribution in [0.15, 0.2) is 28.8 Å². The molecule has 5 nitrogen and oxygen atoms in total. The molecule has 2 rings (SSSR count). The summed E-state index contributed by atoms with van der Waals surface area (Å²) in [6.07, 6.45) is 0. The van der Waals surface area contributed by atoms with Crippen LogP contribution in [0, 0.1) is 19.8 Å². The van der Waals surface area contributed by atoms with Crippen molar-refractivity contribution < 1.29 is 14.1 Å². The Labute approximate surface area is 137 Å². The van der Waals surface area contributed by atoms with Gasteiger partial charge in [-0.2, -0.15) is 0 Å². The number of aryl methyl sites for hydroxylation is 2. The van der Waals surface area contributed by atoms with Crippen molar-refractivity contribution in [2.75, 3.05) is 0 Å². The standard InChI is InChI=1S/C18H24N2O3/c1-11(2)12(3)19-18(21)15-6-8-16(9-7-15)22-10-17-13(4)20-23-14(17)5/h6-9,11-12H,10H2,1-5H3,(H,19,21). The van der Waals surface area contributed by atoms with Gasteiger partial charge in [0.25, 0.3) is 5.91 Å². The molecule has 0 saturated carbocycles. The van der Waals surface area contributed by atoms with Crippen LogP contribution in [0.4, 0.5) is 0 Å². The van der Waals surface area contributed by atoms with E-state index in [1.54, 1.807) is 24.3 Å². The molecule has 0 spiro atoms. The van der Waals surface area contributed by atoms with Crippen molar-refractivity contribution in [1.29, 1.82) is 0 Å². The smallest absolute Gasteiger partial charge is 0.251 e. The van der Waals surface area contributed by atoms with Crippen LogP contribution >= 0.6 is 0 Å². The van der Waals surface area contributed by atoms with Crippen LogP contribution in [0.5, 0.6) is 5.75 Å². The Bertz CT molecular complexity index is 640. The number of hydrogen-bond acceptors (Lipinski definition) is 4. The minimum atomic E-state index is -0.0662. The maximum absolute atomic E-state index is 12.1. The normalized spacial score (nSPS) is 12.3. The summed E-state index contributed by atoms with van der Waals surface area (Å²) in [4.78, 5) is 12.1. The quantitative estimate of drug-likeness (QED) is 0.883. The van der Waals surface area contributed by atoms with Gasteiger partial charge in [-0.25, -0.2) is 0 Å². The van der Waals surface area contributed by atoms with Crippen LogP contribution in [0.2, 0.25) is 0 Å². The fraction of sp³-hybridized carbons (Fsp3) is 0.444. The first kappa shape index (κ1) is 17.1. The first-order valence-electron chi connectivity index (χ1n) is 7.84. The van der Waals surface area contributed by atoms with Crippen LogP contribution in [-0.2, 0) is 6.61 Å². The van der Waals surface area contributed by atoms with Gasteiger partial charge < -0.3 is 14.6 Å². The summed E-state index contributed by atoms with van der Waals surface area (Å²) < 4.78 is 10.8. The molecule has 0 saturated heterocycles. The second kappa shape index (κ2) is 7.31. The molecule has 0 fully saturated rings. The number of carbonyl (C=O) groups excluding carboxylic acids is 1. The summed E-state index contributed by atoms with van der Waals surface area (Å²) in [5, 5.41) is 6.88. The third kappa shape index (κ3) is 4.34. The number of benzene rings is 1. The fourth-order valence-electron chi connectivity index (χ4n) is 2.02. The average molecular weight is 316 g/mol. The summed E-state index contributed by atoms with van der Waals surface area (Å²) in [7, 11) is 0. The van der Waals surface area contributed by atoms with Crippen molar-refractivity contribution in [2.24, 2.45) is 5.92 Å². The lowest BCUT2D eigenvalue weighted by Gasteiger charge is -2.17. The molecule has 124 valence electrons. The molecule has 0 aliphatic heterocycles. The number of aromatic nitrogens is 1. The van der Waals surface area contributed by atoms with Gasteiger partial charge in [0.15, 0.2) is 0 Å². The minimum absolute atomic E-state index is 0.0662. The number of amides is 1. The predicted octanol–water partition coefficient (Wildman–Crippen LogP) is 3.64. The van der Waals surface area contributed by atoms with E-state index in [1.165, 1.54) is 0 Å². The molecule has 23 heavy (non-hydrogen) atoms. The Kier molecular flexibility index (Phi) is 5.42. The molecule has 1 heterocycles. The van der Waals surface area contributed by atoms with Gasteiger partial charge in [0.1, 0.15) is 18.1 Å². The highest BCUT2D eigenvalue weighted by molar-refractivity contribution is 5.94. The summed E-state index contributed by atoms with van der Waals surface area (Å²) >= 11 is 0. The van der Waals surface area contributed by atoms with Gasteiger partial charge in [-0.1, -0.05) is 19.0 Å². The first-order chi connectivity index (χ1) is 10.9. The number of nitrogens with one attached hydrogen (secondary N) is 1. The molecule has 0 bridgehead atoms. The van der Waals surface area contributed by atoms with Crippen LogP contribution < -0.4 is 10.1 Å². The van der Waals surface area contributed by atoms with Gasteiger partial charge in [0.05, 0.1) is 11.3 Å². The topological polar surface area (TPSA) is 64.4 Å². The SMILES string of the molecule is Cc1noc(C)c1COc1ccc(C(=O)NC(C)C(C)C)cc1. The lowest BCUT2D eigenvalue weighted by Crippen LogP contribution is -2.36. The molecular weight excluding hydrogens is 292 g/mol. The van der Waals surface area contributed by atoms with E-state index < -0.39 is 0 Å². The van der Waals surface area contributed by atoms with Gasteiger partial charge in [-0.15, -0.1) is 0 Å². The van der Waals surface area contributed by atoms with Gasteiger partial charge >= 0.3 is 0 Å². The van der Waals surface area contributed by atoms with Crippen LogP contribution in [0.25, 0.3) is 0 Å². The fourth-order valence-corrected chi connectivity index (χ4v) is 2.02. The molecule has 0 radical (unpaired) electrons. The van der Waals surface area contributed by atoms with E-state index >= 15 is 0 Å². The lowest BCUT2D eigenvalue weighted by atomic mass is 10.1. The number of rotatable bonds is 6. The highest BCUT2D eigenvalue weighted by Crippen LogP contribution is 2.18. The Morgan fingerprint density at radius 1 is 1.22 bits per heavy atom. The molecule has 1 amide bonds. The van der Waals surface area contributed by atoms with Crippen LogP contribution in [0.3, 0.4) is 0 Å². The van der Waals surface area contributed by atoms with Crippen molar-refractivity contribution in [3.63, 3.8) is 0 Å². The zero-order valence-electron chi connectivity index (χ0n) is 14.3.